The highest BCUT2D eigenvalue weighted by Gasteiger charge is 2.47. The molecule has 8 nitrogen and oxygen atoms in total. The van der Waals surface area contributed by atoms with Crippen molar-refractivity contribution in [3.63, 3.8) is 0 Å². The summed E-state index contributed by atoms with van der Waals surface area (Å²) in [4.78, 5) is 44.2. The molecule has 0 saturated carbocycles. The Hall–Kier alpha value is -3.46. The second-order valence-electron chi connectivity index (χ2n) is 8.29. The van der Waals surface area contributed by atoms with Crippen molar-refractivity contribution < 1.29 is 28.6 Å². The zero-order valence-electron chi connectivity index (χ0n) is 19.4. The van der Waals surface area contributed by atoms with Crippen LogP contribution in [-0.2, 0) is 14.3 Å². The molecule has 3 rings (SSSR count). The van der Waals surface area contributed by atoms with E-state index in [1.165, 1.54) is 30.2 Å². The molecule has 1 aromatic carbocycles. The molecule has 1 atom stereocenters. The lowest BCUT2D eigenvalue weighted by Gasteiger charge is -2.26. The van der Waals surface area contributed by atoms with Crippen molar-refractivity contribution in [2.75, 3.05) is 34.3 Å². The van der Waals surface area contributed by atoms with Gasteiger partial charge in [-0.05, 0) is 52.5 Å². The van der Waals surface area contributed by atoms with Crippen molar-refractivity contribution in [2.24, 2.45) is 0 Å². The second-order valence-corrected chi connectivity index (χ2v) is 8.29. The van der Waals surface area contributed by atoms with Gasteiger partial charge < -0.3 is 24.6 Å². The van der Waals surface area contributed by atoms with E-state index in [-0.39, 0.29) is 28.9 Å². The van der Waals surface area contributed by atoms with Gasteiger partial charge in [-0.2, -0.15) is 0 Å². The number of aryl methyl sites for hydroxylation is 1. The molecule has 1 amide bonds. The first-order valence-electron chi connectivity index (χ1n) is 10.6. The summed E-state index contributed by atoms with van der Waals surface area (Å²) in [6, 6.07) is 4.77. The summed E-state index contributed by atoms with van der Waals surface area (Å²) in [5.74, 6) is -3.39. The molecule has 0 aliphatic carbocycles. The van der Waals surface area contributed by atoms with Gasteiger partial charge in [0.25, 0.3) is 11.7 Å². The van der Waals surface area contributed by atoms with Crippen LogP contribution in [0.1, 0.15) is 45.3 Å². The van der Waals surface area contributed by atoms with Crippen LogP contribution in [0.4, 0.5) is 4.39 Å². The number of aliphatic hydroxyl groups is 1. The van der Waals surface area contributed by atoms with Gasteiger partial charge in [0.2, 0.25) is 0 Å². The summed E-state index contributed by atoms with van der Waals surface area (Å²) in [5, 5.41) is 11.3. The first-order valence-corrected chi connectivity index (χ1v) is 10.6. The highest BCUT2D eigenvalue weighted by atomic mass is 19.1. The van der Waals surface area contributed by atoms with Crippen LogP contribution < -0.4 is 0 Å². The maximum Gasteiger partial charge on any atom is 0.354 e. The molecule has 0 radical (unpaired) electrons. The van der Waals surface area contributed by atoms with Gasteiger partial charge in [0.15, 0.2) is 0 Å². The van der Waals surface area contributed by atoms with Crippen LogP contribution in [0.3, 0.4) is 0 Å². The third-order valence-electron chi connectivity index (χ3n) is 5.81. The summed E-state index contributed by atoms with van der Waals surface area (Å²) < 4.78 is 19.6. The number of halogens is 1. The van der Waals surface area contributed by atoms with Gasteiger partial charge in [-0.1, -0.05) is 18.2 Å². The van der Waals surface area contributed by atoms with E-state index in [0.717, 1.165) is 0 Å². The van der Waals surface area contributed by atoms with E-state index in [0.29, 0.717) is 24.2 Å². The Morgan fingerprint density at radius 1 is 1.24 bits per heavy atom. The van der Waals surface area contributed by atoms with Crippen molar-refractivity contribution in [1.82, 2.24) is 14.8 Å². The Morgan fingerprint density at radius 3 is 2.52 bits per heavy atom. The molecule has 0 bridgehead atoms. The number of likely N-dealkylation sites (tertiary alicyclic amines) is 1. The fourth-order valence-electron chi connectivity index (χ4n) is 4.23. The van der Waals surface area contributed by atoms with E-state index in [1.54, 1.807) is 19.9 Å². The Kier molecular flexibility index (Phi) is 7.02. The lowest BCUT2D eigenvalue weighted by Crippen LogP contribution is -2.32. The number of amides is 1. The first kappa shape index (κ1) is 24.2. The topological polar surface area (TPSA) is 103 Å². The van der Waals surface area contributed by atoms with Crippen LogP contribution in [0.15, 0.2) is 29.8 Å². The number of hydrogen-bond acceptors (Lipinski definition) is 6. The minimum absolute atomic E-state index is 0.113. The molecule has 2 heterocycles. The fourth-order valence-corrected chi connectivity index (χ4v) is 4.23. The quantitative estimate of drug-likeness (QED) is 0.287. The minimum Gasteiger partial charge on any atom is -0.507 e. The number of aliphatic hydroxyl groups excluding tert-OH is 1. The van der Waals surface area contributed by atoms with Gasteiger partial charge in [0.05, 0.1) is 18.7 Å². The Morgan fingerprint density at radius 2 is 1.91 bits per heavy atom. The van der Waals surface area contributed by atoms with Gasteiger partial charge in [-0.3, -0.25) is 9.59 Å². The number of H-pyrrole nitrogens is 1. The molecule has 2 N–H and O–H groups in total. The van der Waals surface area contributed by atoms with E-state index >= 15 is 0 Å². The Bertz CT molecular complexity index is 1140. The molecule has 33 heavy (non-hydrogen) atoms. The molecular weight excluding hydrogens is 429 g/mol. The second kappa shape index (κ2) is 9.58. The van der Waals surface area contributed by atoms with Crippen LogP contribution in [0.5, 0.6) is 0 Å². The average Bonchev–Trinajstić information content (AvgIpc) is 3.20. The number of hydrogen-bond donors (Lipinski definition) is 2. The number of aromatic nitrogens is 1. The van der Waals surface area contributed by atoms with E-state index in [9.17, 15) is 23.9 Å². The predicted molar refractivity (Wildman–Crippen MR) is 120 cm³/mol. The minimum atomic E-state index is -1.09. The molecule has 2 aromatic rings. The van der Waals surface area contributed by atoms with Gasteiger partial charge in [0, 0.05) is 23.4 Å². The number of rotatable bonds is 7. The number of Topliss-reactive ketones (excluding diaryl/α,β-unsaturated/α-hetero) is 1. The van der Waals surface area contributed by atoms with Crippen molar-refractivity contribution in [2.45, 2.75) is 26.3 Å². The third kappa shape index (κ3) is 4.41. The molecule has 176 valence electrons. The smallest absolute Gasteiger partial charge is 0.354 e. The Labute approximate surface area is 191 Å². The van der Waals surface area contributed by atoms with Gasteiger partial charge in [-0.25, -0.2) is 9.18 Å². The largest absolute Gasteiger partial charge is 0.507 e. The zero-order chi connectivity index (χ0) is 24.4. The summed E-state index contributed by atoms with van der Waals surface area (Å²) in [7, 11) is 5.01. The molecule has 1 saturated heterocycles. The van der Waals surface area contributed by atoms with Crippen molar-refractivity contribution >= 4 is 23.4 Å². The van der Waals surface area contributed by atoms with E-state index < -0.39 is 35.3 Å². The van der Waals surface area contributed by atoms with E-state index in [1.807, 2.05) is 19.0 Å². The monoisotopic (exact) mass is 457 g/mol. The van der Waals surface area contributed by atoms with E-state index in [4.69, 9.17) is 4.74 Å². The summed E-state index contributed by atoms with van der Waals surface area (Å²) in [5.41, 5.74) is 1.01. The number of ketones is 1. The van der Waals surface area contributed by atoms with Gasteiger partial charge >= 0.3 is 5.97 Å². The maximum atomic E-state index is 14.8. The molecule has 0 spiro atoms. The lowest BCUT2D eigenvalue weighted by molar-refractivity contribution is -0.140. The molecule has 1 fully saturated rings. The third-order valence-corrected chi connectivity index (χ3v) is 5.81. The van der Waals surface area contributed by atoms with Crippen molar-refractivity contribution in [3.05, 3.63) is 63.7 Å². The number of carbonyl (C=O) groups excluding carboxylic acids is 3. The molecule has 1 aliphatic rings. The highest BCUT2D eigenvalue weighted by molar-refractivity contribution is 6.46. The number of nitrogens with zero attached hydrogens (tertiary/aromatic N) is 2. The van der Waals surface area contributed by atoms with Crippen LogP contribution in [0.2, 0.25) is 0 Å². The van der Waals surface area contributed by atoms with Crippen LogP contribution in [-0.4, -0.2) is 71.8 Å². The maximum absolute atomic E-state index is 14.8. The summed E-state index contributed by atoms with van der Waals surface area (Å²) in [6.45, 7) is 4.08. The molecule has 9 heteroatoms. The summed E-state index contributed by atoms with van der Waals surface area (Å²) in [6.07, 6.45) is 0.555. The zero-order valence-corrected chi connectivity index (χ0v) is 19.4. The summed E-state index contributed by atoms with van der Waals surface area (Å²) >= 11 is 0. The predicted octanol–water partition coefficient (Wildman–Crippen LogP) is 2.93. The van der Waals surface area contributed by atoms with Gasteiger partial charge in [0.1, 0.15) is 17.3 Å². The Balaban J connectivity index is 2.20. The van der Waals surface area contributed by atoms with Crippen LogP contribution in [0.25, 0.3) is 5.76 Å². The molecular formula is C24H28FN3O5. The van der Waals surface area contributed by atoms with E-state index in [2.05, 4.69) is 4.98 Å². The fraction of sp³-hybridized carbons (Fsp3) is 0.375. The van der Waals surface area contributed by atoms with Crippen molar-refractivity contribution in [3.8, 4) is 0 Å². The number of benzene rings is 1. The van der Waals surface area contributed by atoms with Crippen molar-refractivity contribution in [1.29, 1.82) is 0 Å². The van der Waals surface area contributed by atoms with Crippen LogP contribution in [0, 0.1) is 19.7 Å². The molecule has 1 aliphatic heterocycles. The number of methoxy groups -OCH3 is 1. The number of aromatic amines is 1. The normalized spacial score (nSPS) is 17.8. The SMILES string of the molecule is COC(=O)c1[nH]c(C)c(/C(O)=C2\C(=O)C(=O)N(CCCN(C)C)C2c2ccccc2F)c1C. The first-order chi connectivity index (χ1) is 15.6. The highest BCUT2D eigenvalue weighted by Crippen LogP contribution is 2.41. The number of esters is 1. The number of nitrogens with one attached hydrogen (secondary N) is 1. The lowest BCUT2D eigenvalue weighted by atomic mass is 9.93. The molecule has 1 unspecified atom stereocenters. The molecule has 1 aromatic heterocycles. The number of carbonyl (C=O) groups is 3. The number of ether oxygens (including phenoxy) is 1. The van der Waals surface area contributed by atoms with Crippen LogP contribution >= 0.6 is 0 Å². The van der Waals surface area contributed by atoms with Gasteiger partial charge in [-0.15, -0.1) is 0 Å². The average molecular weight is 458 g/mol. The standard InChI is InChI=1S/C24H28FN3O5/c1-13-17(14(2)26-19(13)24(32)33-5)21(29)18-20(15-9-6-7-10-16(15)25)28(23(31)22(18)30)12-8-11-27(3)4/h6-7,9-10,20,26,29H,8,11-12H2,1-5H3/b21-18+.